The number of carbonyl (C=O) groups excluding carboxylic acids is 1. The van der Waals surface area contributed by atoms with Gasteiger partial charge in [0.25, 0.3) is 0 Å². The van der Waals surface area contributed by atoms with Crippen molar-refractivity contribution in [3.05, 3.63) is 11.6 Å². The highest BCUT2D eigenvalue weighted by molar-refractivity contribution is 5.87. The molecule has 0 fully saturated rings. The summed E-state index contributed by atoms with van der Waals surface area (Å²) in [4.78, 5) is 10.5. The van der Waals surface area contributed by atoms with Crippen LogP contribution in [0, 0.1) is 5.92 Å². The SMILES string of the molecule is CC(=O)/C=C(\C)C(C)C. The second kappa shape index (κ2) is 3.44. The molecule has 0 aliphatic rings. The molecule has 0 heterocycles. The molecule has 0 aromatic rings. The van der Waals surface area contributed by atoms with Gasteiger partial charge in [-0.1, -0.05) is 19.4 Å². The average molecular weight is 126 g/mol. The number of rotatable bonds is 2. The highest BCUT2D eigenvalue weighted by atomic mass is 16.1. The summed E-state index contributed by atoms with van der Waals surface area (Å²) in [6, 6.07) is 0. The molecule has 52 valence electrons. The smallest absolute Gasteiger partial charge is 0.152 e. The molecular weight excluding hydrogens is 112 g/mol. The first-order chi connectivity index (χ1) is 4.04. The van der Waals surface area contributed by atoms with Gasteiger partial charge in [0.1, 0.15) is 0 Å². The van der Waals surface area contributed by atoms with E-state index in [2.05, 4.69) is 13.8 Å². The molecule has 0 N–H and O–H groups in total. The van der Waals surface area contributed by atoms with E-state index in [9.17, 15) is 4.79 Å². The Balaban J connectivity index is 4.00. The van der Waals surface area contributed by atoms with E-state index in [1.807, 2.05) is 6.92 Å². The summed E-state index contributed by atoms with van der Waals surface area (Å²) in [5, 5.41) is 0. The Kier molecular flexibility index (Phi) is 3.21. The van der Waals surface area contributed by atoms with Crippen LogP contribution < -0.4 is 0 Å². The number of ketones is 1. The van der Waals surface area contributed by atoms with Crippen LogP contribution in [0.4, 0.5) is 0 Å². The van der Waals surface area contributed by atoms with Gasteiger partial charge in [-0.15, -0.1) is 0 Å². The summed E-state index contributed by atoms with van der Waals surface area (Å²) < 4.78 is 0. The summed E-state index contributed by atoms with van der Waals surface area (Å²) >= 11 is 0. The van der Waals surface area contributed by atoms with Crippen molar-refractivity contribution in [1.29, 1.82) is 0 Å². The van der Waals surface area contributed by atoms with Crippen LogP contribution in [-0.4, -0.2) is 5.78 Å². The number of hydrogen-bond donors (Lipinski definition) is 0. The normalized spacial score (nSPS) is 12.3. The van der Waals surface area contributed by atoms with Crippen molar-refractivity contribution < 1.29 is 4.79 Å². The highest BCUT2D eigenvalue weighted by Crippen LogP contribution is 2.06. The van der Waals surface area contributed by atoms with Gasteiger partial charge in [0, 0.05) is 0 Å². The maximum atomic E-state index is 10.5. The van der Waals surface area contributed by atoms with Crippen molar-refractivity contribution in [2.75, 3.05) is 0 Å². The molecule has 0 spiro atoms. The Morgan fingerprint density at radius 1 is 1.33 bits per heavy atom. The maximum Gasteiger partial charge on any atom is 0.152 e. The zero-order valence-corrected chi connectivity index (χ0v) is 6.56. The first-order valence-corrected chi connectivity index (χ1v) is 3.22. The second-order valence-electron chi connectivity index (χ2n) is 2.65. The standard InChI is InChI=1S/C8H14O/c1-6(2)7(3)5-8(4)9/h5-6H,1-4H3/b7-5+. The third-order valence-electron chi connectivity index (χ3n) is 1.34. The minimum Gasteiger partial charge on any atom is -0.295 e. The molecule has 0 amide bonds. The molecule has 0 aromatic carbocycles. The molecule has 0 aromatic heterocycles. The first-order valence-electron chi connectivity index (χ1n) is 3.22. The quantitative estimate of drug-likeness (QED) is 0.518. The Morgan fingerprint density at radius 2 is 1.78 bits per heavy atom. The Bertz CT molecular complexity index is 132. The third kappa shape index (κ3) is 3.95. The third-order valence-corrected chi connectivity index (χ3v) is 1.34. The molecule has 1 heteroatoms. The molecular formula is C8H14O. The maximum absolute atomic E-state index is 10.5. The van der Waals surface area contributed by atoms with Crippen LogP contribution in [-0.2, 0) is 4.79 Å². The van der Waals surface area contributed by atoms with Crippen molar-refractivity contribution in [3.63, 3.8) is 0 Å². The molecule has 0 radical (unpaired) electrons. The van der Waals surface area contributed by atoms with Gasteiger partial charge in [-0.2, -0.15) is 0 Å². The summed E-state index contributed by atoms with van der Waals surface area (Å²) in [5.74, 6) is 0.634. The Hall–Kier alpha value is -0.590. The first kappa shape index (κ1) is 8.41. The monoisotopic (exact) mass is 126 g/mol. The fourth-order valence-electron chi connectivity index (χ4n) is 0.487. The Morgan fingerprint density at radius 3 is 1.89 bits per heavy atom. The van der Waals surface area contributed by atoms with Crippen LogP contribution in [0.1, 0.15) is 27.7 Å². The van der Waals surface area contributed by atoms with E-state index in [0.29, 0.717) is 5.92 Å². The van der Waals surface area contributed by atoms with E-state index in [0.717, 1.165) is 5.57 Å². The van der Waals surface area contributed by atoms with Crippen LogP contribution in [0.5, 0.6) is 0 Å². The molecule has 9 heavy (non-hydrogen) atoms. The molecule has 0 unspecified atom stereocenters. The van der Waals surface area contributed by atoms with Crippen LogP contribution in [0.25, 0.3) is 0 Å². The lowest BCUT2D eigenvalue weighted by atomic mass is 10.0. The fraction of sp³-hybridized carbons (Fsp3) is 0.625. The summed E-state index contributed by atoms with van der Waals surface area (Å²) in [6.45, 7) is 7.71. The van der Waals surface area contributed by atoms with E-state index in [-0.39, 0.29) is 5.78 Å². The Labute approximate surface area is 56.8 Å². The minimum atomic E-state index is 0.140. The predicted octanol–water partition coefficient (Wildman–Crippen LogP) is 2.18. The zero-order valence-electron chi connectivity index (χ0n) is 6.56. The predicted molar refractivity (Wildman–Crippen MR) is 39.3 cm³/mol. The highest BCUT2D eigenvalue weighted by Gasteiger charge is 1.95. The van der Waals surface area contributed by atoms with Gasteiger partial charge in [0.15, 0.2) is 5.78 Å². The van der Waals surface area contributed by atoms with Crippen LogP contribution >= 0.6 is 0 Å². The lowest BCUT2D eigenvalue weighted by molar-refractivity contribution is -0.112. The molecule has 0 saturated heterocycles. The van der Waals surface area contributed by atoms with E-state index in [4.69, 9.17) is 0 Å². The largest absolute Gasteiger partial charge is 0.295 e. The lowest BCUT2D eigenvalue weighted by Crippen LogP contribution is -1.92. The second-order valence-corrected chi connectivity index (χ2v) is 2.65. The summed E-state index contributed by atoms with van der Waals surface area (Å²) in [5.41, 5.74) is 1.16. The van der Waals surface area contributed by atoms with Gasteiger partial charge < -0.3 is 0 Å². The fourth-order valence-corrected chi connectivity index (χ4v) is 0.487. The van der Waals surface area contributed by atoms with Gasteiger partial charge >= 0.3 is 0 Å². The van der Waals surface area contributed by atoms with E-state index in [1.165, 1.54) is 0 Å². The van der Waals surface area contributed by atoms with Crippen LogP contribution in [0.15, 0.2) is 11.6 Å². The molecule has 0 atom stereocenters. The molecule has 0 rings (SSSR count). The average Bonchev–Trinajstić information content (AvgIpc) is 1.63. The molecule has 0 aliphatic heterocycles. The van der Waals surface area contributed by atoms with Crippen molar-refractivity contribution >= 4 is 5.78 Å². The van der Waals surface area contributed by atoms with Crippen LogP contribution in [0.2, 0.25) is 0 Å². The zero-order chi connectivity index (χ0) is 7.44. The van der Waals surface area contributed by atoms with Gasteiger partial charge in [0.2, 0.25) is 0 Å². The number of allylic oxidation sites excluding steroid dienone is 2. The van der Waals surface area contributed by atoms with Gasteiger partial charge in [-0.3, -0.25) is 4.79 Å². The number of hydrogen-bond acceptors (Lipinski definition) is 1. The molecule has 0 bridgehead atoms. The van der Waals surface area contributed by atoms with E-state index >= 15 is 0 Å². The van der Waals surface area contributed by atoms with Gasteiger partial charge in [-0.05, 0) is 25.8 Å². The van der Waals surface area contributed by atoms with Crippen molar-refractivity contribution in [1.82, 2.24) is 0 Å². The van der Waals surface area contributed by atoms with Crippen molar-refractivity contribution in [2.24, 2.45) is 5.92 Å². The molecule has 0 saturated carbocycles. The topological polar surface area (TPSA) is 17.1 Å². The van der Waals surface area contributed by atoms with E-state index < -0.39 is 0 Å². The van der Waals surface area contributed by atoms with E-state index in [1.54, 1.807) is 13.0 Å². The number of carbonyl (C=O) groups is 1. The minimum absolute atomic E-state index is 0.140. The molecule has 1 nitrogen and oxygen atoms in total. The van der Waals surface area contributed by atoms with Crippen molar-refractivity contribution in [3.8, 4) is 0 Å². The van der Waals surface area contributed by atoms with Gasteiger partial charge in [0.05, 0.1) is 0 Å². The van der Waals surface area contributed by atoms with Crippen LogP contribution in [0.3, 0.4) is 0 Å². The molecule has 0 aliphatic carbocycles. The lowest BCUT2D eigenvalue weighted by Gasteiger charge is -2.01. The summed E-state index contributed by atoms with van der Waals surface area (Å²) in [7, 11) is 0. The summed E-state index contributed by atoms with van der Waals surface area (Å²) in [6.07, 6.45) is 1.69. The van der Waals surface area contributed by atoms with Gasteiger partial charge in [-0.25, -0.2) is 0 Å². The van der Waals surface area contributed by atoms with Crippen molar-refractivity contribution in [2.45, 2.75) is 27.7 Å².